The van der Waals surface area contributed by atoms with Gasteiger partial charge in [-0.2, -0.15) is 0 Å². The summed E-state index contributed by atoms with van der Waals surface area (Å²) in [5.41, 5.74) is 8.13. The van der Waals surface area contributed by atoms with Gasteiger partial charge in [0.25, 0.3) is 0 Å². The summed E-state index contributed by atoms with van der Waals surface area (Å²) in [7, 11) is 2.18. The molecule has 5 nitrogen and oxygen atoms in total. The number of likely N-dealkylation sites (tertiary alicyclic amines) is 1. The molecule has 2 aromatic rings. The lowest BCUT2D eigenvalue weighted by atomic mass is 9.80. The van der Waals surface area contributed by atoms with Gasteiger partial charge in [-0.1, -0.05) is 6.92 Å². The first-order valence-electron chi connectivity index (χ1n) is 6.83. The molecule has 0 spiro atoms. The Hall–Kier alpha value is -1.62. The topological polar surface area (TPSA) is 60.0 Å². The first-order chi connectivity index (χ1) is 9.07. The SMILES string of the molecule is CN1CCC(C)(Cn2c(N)nc3cccnc32)CC1. The van der Waals surface area contributed by atoms with Crippen LogP contribution in [0.5, 0.6) is 0 Å². The molecule has 2 aromatic heterocycles. The van der Waals surface area contributed by atoms with E-state index < -0.39 is 0 Å². The lowest BCUT2D eigenvalue weighted by Crippen LogP contribution is -2.38. The number of pyridine rings is 1. The third-order valence-electron chi connectivity index (χ3n) is 4.27. The fraction of sp³-hybridized carbons (Fsp3) is 0.571. The van der Waals surface area contributed by atoms with Crippen LogP contribution in [0.15, 0.2) is 18.3 Å². The molecule has 1 aliphatic rings. The van der Waals surface area contributed by atoms with Crippen LogP contribution >= 0.6 is 0 Å². The van der Waals surface area contributed by atoms with E-state index in [2.05, 4.69) is 33.4 Å². The van der Waals surface area contributed by atoms with Gasteiger partial charge in [-0.3, -0.25) is 4.57 Å². The molecule has 0 atom stereocenters. The van der Waals surface area contributed by atoms with Gasteiger partial charge in [0.2, 0.25) is 5.95 Å². The molecule has 0 bridgehead atoms. The van der Waals surface area contributed by atoms with Crippen molar-refractivity contribution in [3.63, 3.8) is 0 Å². The quantitative estimate of drug-likeness (QED) is 0.892. The van der Waals surface area contributed by atoms with Crippen LogP contribution in [0.2, 0.25) is 0 Å². The number of anilines is 1. The highest BCUT2D eigenvalue weighted by molar-refractivity contribution is 5.73. The molecule has 2 N–H and O–H groups in total. The minimum Gasteiger partial charge on any atom is -0.369 e. The largest absolute Gasteiger partial charge is 0.369 e. The van der Waals surface area contributed by atoms with E-state index in [1.165, 1.54) is 12.8 Å². The Morgan fingerprint density at radius 2 is 2.11 bits per heavy atom. The standard InChI is InChI=1S/C14H21N5/c1-14(5-8-18(2)9-6-14)10-19-12-11(17-13(19)15)4-3-7-16-12/h3-4,7H,5-6,8-10H2,1-2H3,(H2,15,17). The summed E-state index contributed by atoms with van der Waals surface area (Å²) in [6.45, 7) is 5.54. The third-order valence-corrected chi connectivity index (χ3v) is 4.27. The van der Waals surface area contributed by atoms with Crippen molar-refractivity contribution in [2.45, 2.75) is 26.3 Å². The van der Waals surface area contributed by atoms with Crippen molar-refractivity contribution in [2.75, 3.05) is 25.9 Å². The van der Waals surface area contributed by atoms with Gasteiger partial charge >= 0.3 is 0 Å². The van der Waals surface area contributed by atoms with Gasteiger partial charge < -0.3 is 10.6 Å². The molecule has 19 heavy (non-hydrogen) atoms. The second-order valence-electron chi connectivity index (χ2n) is 6.02. The van der Waals surface area contributed by atoms with E-state index in [1.807, 2.05) is 12.1 Å². The van der Waals surface area contributed by atoms with Crippen LogP contribution in [-0.2, 0) is 6.54 Å². The predicted molar refractivity (Wildman–Crippen MR) is 76.8 cm³/mol. The van der Waals surface area contributed by atoms with Crippen molar-refractivity contribution in [1.82, 2.24) is 19.4 Å². The van der Waals surface area contributed by atoms with Crippen LogP contribution in [0.25, 0.3) is 11.2 Å². The van der Waals surface area contributed by atoms with E-state index in [4.69, 9.17) is 5.73 Å². The molecule has 0 aromatic carbocycles. The lowest BCUT2D eigenvalue weighted by molar-refractivity contribution is 0.122. The van der Waals surface area contributed by atoms with E-state index >= 15 is 0 Å². The highest BCUT2D eigenvalue weighted by Crippen LogP contribution is 2.33. The molecular formula is C14H21N5. The van der Waals surface area contributed by atoms with Crippen LogP contribution in [-0.4, -0.2) is 39.6 Å². The number of nitrogens with two attached hydrogens (primary N) is 1. The monoisotopic (exact) mass is 259 g/mol. The van der Waals surface area contributed by atoms with Crippen molar-refractivity contribution >= 4 is 17.1 Å². The molecule has 3 heterocycles. The first kappa shape index (κ1) is 12.4. The van der Waals surface area contributed by atoms with Crippen LogP contribution in [0.4, 0.5) is 5.95 Å². The smallest absolute Gasteiger partial charge is 0.202 e. The normalized spacial score (nSPS) is 19.9. The minimum absolute atomic E-state index is 0.284. The molecule has 1 fully saturated rings. The molecule has 0 saturated carbocycles. The number of nitrogen functional groups attached to an aromatic ring is 1. The Morgan fingerprint density at radius 3 is 2.84 bits per heavy atom. The zero-order chi connectivity index (χ0) is 13.5. The molecule has 3 rings (SSSR count). The summed E-state index contributed by atoms with van der Waals surface area (Å²) in [4.78, 5) is 11.2. The molecule has 102 valence electrons. The highest BCUT2D eigenvalue weighted by Gasteiger charge is 2.30. The Morgan fingerprint density at radius 1 is 1.37 bits per heavy atom. The van der Waals surface area contributed by atoms with E-state index in [9.17, 15) is 0 Å². The summed E-state index contributed by atoms with van der Waals surface area (Å²) < 4.78 is 2.07. The Labute approximate surface area is 113 Å². The highest BCUT2D eigenvalue weighted by atomic mass is 15.2. The Kier molecular flexibility index (Phi) is 2.93. The van der Waals surface area contributed by atoms with Crippen molar-refractivity contribution in [2.24, 2.45) is 5.41 Å². The summed E-state index contributed by atoms with van der Waals surface area (Å²) in [5, 5.41) is 0. The molecule has 1 saturated heterocycles. The van der Waals surface area contributed by atoms with Crippen molar-refractivity contribution in [3.05, 3.63) is 18.3 Å². The van der Waals surface area contributed by atoms with E-state index in [1.54, 1.807) is 6.20 Å². The maximum Gasteiger partial charge on any atom is 0.202 e. The molecule has 0 unspecified atom stereocenters. The molecular weight excluding hydrogens is 238 g/mol. The number of nitrogens with zero attached hydrogens (tertiary/aromatic N) is 4. The summed E-state index contributed by atoms with van der Waals surface area (Å²) in [6.07, 6.45) is 4.18. The molecule has 1 aliphatic heterocycles. The van der Waals surface area contributed by atoms with Crippen molar-refractivity contribution in [3.8, 4) is 0 Å². The molecule has 0 radical (unpaired) electrons. The summed E-state index contributed by atoms with van der Waals surface area (Å²) in [5.74, 6) is 0.578. The fourth-order valence-corrected chi connectivity index (χ4v) is 2.83. The zero-order valence-electron chi connectivity index (χ0n) is 11.6. The van der Waals surface area contributed by atoms with E-state index in [0.717, 1.165) is 30.8 Å². The minimum atomic E-state index is 0.284. The van der Waals surface area contributed by atoms with Gasteiger partial charge in [0.1, 0.15) is 5.52 Å². The third kappa shape index (κ3) is 2.30. The van der Waals surface area contributed by atoms with Crippen molar-refractivity contribution in [1.29, 1.82) is 0 Å². The average Bonchev–Trinajstić information content (AvgIpc) is 2.70. The molecule has 0 aliphatic carbocycles. The first-order valence-corrected chi connectivity index (χ1v) is 6.83. The Bertz CT molecular complexity index is 581. The fourth-order valence-electron chi connectivity index (χ4n) is 2.83. The zero-order valence-corrected chi connectivity index (χ0v) is 11.6. The predicted octanol–water partition coefficient (Wildman–Crippen LogP) is 1.75. The second kappa shape index (κ2) is 4.49. The number of hydrogen-bond donors (Lipinski definition) is 1. The van der Waals surface area contributed by atoms with Gasteiger partial charge in [-0.05, 0) is 50.5 Å². The van der Waals surface area contributed by atoms with Crippen LogP contribution in [0.1, 0.15) is 19.8 Å². The maximum absolute atomic E-state index is 6.06. The number of hydrogen-bond acceptors (Lipinski definition) is 4. The average molecular weight is 259 g/mol. The lowest BCUT2D eigenvalue weighted by Gasteiger charge is -2.38. The van der Waals surface area contributed by atoms with Crippen LogP contribution in [0, 0.1) is 5.41 Å². The number of imidazole rings is 1. The van der Waals surface area contributed by atoms with Crippen LogP contribution < -0.4 is 5.73 Å². The number of piperidine rings is 1. The summed E-state index contributed by atoms with van der Waals surface area (Å²) in [6, 6.07) is 3.86. The van der Waals surface area contributed by atoms with Gasteiger partial charge in [0.15, 0.2) is 5.65 Å². The number of aromatic nitrogens is 3. The summed E-state index contributed by atoms with van der Waals surface area (Å²) >= 11 is 0. The van der Waals surface area contributed by atoms with Crippen LogP contribution in [0.3, 0.4) is 0 Å². The van der Waals surface area contributed by atoms with Gasteiger partial charge in [0.05, 0.1) is 0 Å². The maximum atomic E-state index is 6.06. The van der Waals surface area contributed by atoms with Gasteiger partial charge in [-0.25, -0.2) is 9.97 Å². The molecule has 0 amide bonds. The van der Waals surface area contributed by atoms with Crippen molar-refractivity contribution < 1.29 is 0 Å². The second-order valence-corrected chi connectivity index (χ2v) is 6.02. The van der Waals surface area contributed by atoms with E-state index in [0.29, 0.717) is 5.95 Å². The molecule has 5 heteroatoms. The van der Waals surface area contributed by atoms with Gasteiger partial charge in [-0.15, -0.1) is 0 Å². The van der Waals surface area contributed by atoms with E-state index in [-0.39, 0.29) is 5.41 Å². The number of fused-ring (bicyclic) bond motifs is 1. The van der Waals surface area contributed by atoms with Gasteiger partial charge in [0, 0.05) is 12.7 Å². The number of rotatable bonds is 2. The Balaban J connectivity index is 1.91.